The van der Waals surface area contributed by atoms with Crippen molar-refractivity contribution in [2.24, 2.45) is 0 Å². The second kappa shape index (κ2) is 7.94. The molecule has 0 unspecified atom stereocenters. The van der Waals surface area contributed by atoms with E-state index in [1.807, 2.05) is 4.90 Å². The summed E-state index contributed by atoms with van der Waals surface area (Å²) in [7, 11) is 0. The van der Waals surface area contributed by atoms with Crippen LogP contribution in [0.1, 0.15) is 24.4 Å². The third-order valence-corrected chi connectivity index (χ3v) is 3.79. The van der Waals surface area contributed by atoms with Gasteiger partial charge in [-0.25, -0.2) is 4.39 Å². The number of aliphatic hydroxyl groups is 1. The molecule has 1 aromatic carbocycles. The van der Waals surface area contributed by atoms with Gasteiger partial charge in [0.05, 0.1) is 0 Å². The number of ether oxygens (including phenoxy) is 1. The molecule has 1 aromatic rings. The van der Waals surface area contributed by atoms with Crippen LogP contribution in [0.5, 0.6) is 5.75 Å². The molecule has 1 fully saturated rings. The first-order valence-electron chi connectivity index (χ1n) is 7.51. The molecule has 1 aliphatic heterocycles. The molecule has 4 nitrogen and oxygen atoms in total. The Balaban J connectivity index is 2.26. The first-order valence-corrected chi connectivity index (χ1v) is 7.51. The summed E-state index contributed by atoms with van der Waals surface area (Å²) in [4.78, 5) is 2.02. The molecule has 0 saturated carbocycles. The van der Waals surface area contributed by atoms with Crippen LogP contribution in [-0.2, 0) is 0 Å². The molecule has 0 amide bonds. The van der Waals surface area contributed by atoms with Gasteiger partial charge >= 0.3 is 6.36 Å². The van der Waals surface area contributed by atoms with Gasteiger partial charge in [0.1, 0.15) is 11.6 Å². The third kappa shape index (κ3) is 5.33. The summed E-state index contributed by atoms with van der Waals surface area (Å²) >= 11 is 0. The van der Waals surface area contributed by atoms with Crippen LogP contribution in [0, 0.1) is 5.82 Å². The van der Waals surface area contributed by atoms with Crippen LogP contribution in [0.25, 0.3) is 0 Å². The largest absolute Gasteiger partial charge is 0.573 e. The lowest BCUT2D eigenvalue weighted by atomic mass is 9.98. The van der Waals surface area contributed by atoms with Crippen LogP contribution in [0.2, 0.25) is 0 Å². The molecule has 1 aliphatic rings. The summed E-state index contributed by atoms with van der Waals surface area (Å²) in [6.07, 6.45) is -3.91. The van der Waals surface area contributed by atoms with Gasteiger partial charge in [0, 0.05) is 44.4 Å². The molecule has 1 saturated heterocycles. The molecule has 0 bridgehead atoms. The van der Waals surface area contributed by atoms with Crippen LogP contribution >= 0.6 is 0 Å². The Morgan fingerprint density at radius 2 is 1.96 bits per heavy atom. The molecular formula is C15H20F4N2O2. The lowest BCUT2D eigenvalue weighted by Crippen LogP contribution is -2.45. The highest BCUT2D eigenvalue weighted by Gasteiger charge is 2.32. The van der Waals surface area contributed by atoms with E-state index < -0.39 is 17.9 Å². The molecular weight excluding hydrogens is 316 g/mol. The van der Waals surface area contributed by atoms with Gasteiger partial charge in [-0.05, 0) is 31.0 Å². The first kappa shape index (κ1) is 18.0. The van der Waals surface area contributed by atoms with E-state index in [2.05, 4.69) is 10.1 Å². The molecule has 0 spiro atoms. The predicted octanol–water partition coefficient (Wildman–Crippen LogP) is 2.44. The number of nitrogens with one attached hydrogen (secondary N) is 1. The molecule has 1 heterocycles. The smallest absolute Gasteiger partial charge is 0.406 e. The SMILES string of the molecule is OCCC[C@@H](c1cc(OC(F)(F)F)ccc1F)N1CCNCC1. The Bertz CT molecular complexity index is 505. The standard InChI is InChI=1S/C15H20F4N2O2/c16-13-4-3-11(23-15(17,18)19)10-12(13)14(2-1-9-22)21-7-5-20-6-8-21/h3-4,10,14,20,22H,1-2,5-9H2/t14-/m0/s1. The van der Waals surface area contributed by atoms with Crippen molar-refractivity contribution in [3.63, 3.8) is 0 Å². The zero-order chi connectivity index (χ0) is 16.9. The highest BCUT2D eigenvalue weighted by Crippen LogP contribution is 2.32. The molecule has 2 rings (SSSR count). The predicted molar refractivity (Wildman–Crippen MR) is 76.6 cm³/mol. The van der Waals surface area contributed by atoms with Crippen LogP contribution in [-0.4, -0.2) is 49.2 Å². The lowest BCUT2D eigenvalue weighted by molar-refractivity contribution is -0.274. The Morgan fingerprint density at radius 1 is 1.26 bits per heavy atom. The highest BCUT2D eigenvalue weighted by atomic mass is 19.4. The number of nitrogens with zero attached hydrogens (tertiary/aromatic N) is 1. The number of rotatable bonds is 6. The summed E-state index contributed by atoms with van der Waals surface area (Å²) in [6, 6.07) is 2.67. The van der Waals surface area contributed by atoms with Gasteiger partial charge < -0.3 is 15.2 Å². The quantitative estimate of drug-likeness (QED) is 0.784. The van der Waals surface area contributed by atoms with Crippen molar-refractivity contribution < 1.29 is 27.4 Å². The molecule has 1 atom stereocenters. The van der Waals surface area contributed by atoms with Crippen LogP contribution in [0.15, 0.2) is 18.2 Å². The summed E-state index contributed by atoms with van der Waals surface area (Å²) < 4.78 is 55.2. The Hall–Kier alpha value is -1.38. The molecule has 0 aliphatic carbocycles. The van der Waals surface area contributed by atoms with Crippen molar-refractivity contribution in [3.05, 3.63) is 29.6 Å². The zero-order valence-electron chi connectivity index (χ0n) is 12.6. The van der Waals surface area contributed by atoms with Gasteiger partial charge in [-0.3, -0.25) is 4.90 Å². The topological polar surface area (TPSA) is 44.7 Å². The van der Waals surface area contributed by atoms with E-state index in [0.29, 0.717) is 25.9 Å². The fourth-order valence-electron chi connectivity index (χ4n) is 2.79. The van der Waals surface area contributed by atoms with E-state index in [9.17, 15) is 17.6 Å². The molecule has 130 valence electrons. The van der Waals surface area contributed by atoms with Crippen molar-refractivity contribution in [2.45, 2.75) is 25.2 Å². The monoisotopic (exact) mass is 336 g/mol. The van der Waals surface area contributed by atoms with E-state index in [1.54, 1.807) is 0 Å². The minimum absolute atomic E-state index is 0.0526. The van der Waals surface area contributed by atoms with E-state index in [-0.39, 0.29) is 18.2 Å². The molecule has 23 heavy (non-hydrogen) atoms. The Labute approximate surface area is 132 Å². The molecule has 2 N–H and O–H groups in total. The zero-order valence-corrected chi connectivity index (χ0v) is 12.6. The number of hydrogen-bond acceptors (Lipinski definition) is 4. The number of alkyl halides is 3. The van der Waals surface area contributed by atoms with Crippen molar-refractivity contribution in [1.29, 1.82) is 0 Å². The van der Waals surface area contributed by atoms with E-state index >= 15 is 0 Å². The highest BCUT2D eigenvalue weighted by molar-refractivity contribution is 5.32. The van der Waals surface area contributed by atoms with Gasteiger partial charge in [0.15, 0.2) is 0 Å². The van der Waals surface area contributed by atoms with Gasteiger partial charge in [0.2, 0.25) is 0 Å². The maximum Gasteiger partial charge on any atom is 0.573 e. The summed E-state index contributed by atoms with van der Waals surface area (Å²) in [5.74, 6) is -1.00. The van der Waals surface area contributed by atoms with Gasteiger partial charge in [-0.15, -0.1) is 13.2 Å². The average molecular weight is 336 g/mol. The second-order valence-corrected chi connectivity index (χ2v) is 5.40. The summed E-state index contributed by atoms with van der Waals surface area (Å²) in [6.45, 7) is 2.74. The Kier molecular flexibility index (Phi) is 6.20. The molecule has 8 heteroatoms. The van der Waals surface area contributed by atoms with Gasteiger partial charge in [0.25, 0.3) is 0 Å². The number of halogens is 4. The van der Waals surface area contributed by atoms with Crippen molar-refractivity contribution >= 4 is 0 Å². The van der Waals surface area contributed by atoms with Crippen molar-refractivity contribution in [1.82, 2.24) is 10.2 Å². The van der Waals surface area contributed by atoms with E-state index in [1.165, 1.54) is 0 Å². The maximum absolute atomic E-state index is 14.2. The summed E-state index contributed by atoms with van der Waals surface area (Å²) in [5.41, 5.74) is 0.169. The lowest BCUT2D eigenvalue weighted by Gasteiger charge is -2.35. The molecule has 0 aromatic heterocycles. The van der Waals surface area contributed by atoms with Gasteiger partial charge in [-0.1, -0.05) is 0 Å². The second-order valence-electron chi connectivity index (χ2n) is 5.40. The summed E-state index contributed by atoms with van der Waals surface area (Å²) in [5, 5.41) is 12.2. The van der Waals surface area contributed by atoms with Gasteiger partial charge in [-0.2, -0.15) is 0 Å². The van der Waals surface area contributed by atoms with Crippen LogP contribution in [0.4, 0.5) is 17.6 Å². The molecule has 0 radical (unpaired) electrons. The third-order valence-electron chi connectivity index (χ3n) is 3.79. The number of hydrogen-bond donors (Lipinski definition) is 2. The number of benzene rings is 1. The van der Waals surface area contributed by atoms with Crippen molar-refractivity contribution in [2.75, 3.05) is 32.8 Å². The fourth-order valence-corrected chi connectivity index (χ4v) is 2.79. The minimum Gasteiger partial charge on any atom is -0.406 e. The van der Waals surface area contributed by atoms with E-state index in [0.717, 1.165) is 31.3 Å². The number of aliphatic hydroxyl groups excluding tert-OH is 1. The normalized spacial score (nSPS) is 18.0. The fraction of sp³-hybridized carbons (Fsp3) is 0.600. The van der Waals surface area contributed by atoms with Crippen LogP contribution in [0.3, 0.4) is 0 Å². The van der Waals surface area contributed by atoms with E-state index in [4.69, 9.17) is 5.11 Å². The minimum atomic E-state index is -4.81. The average Bonchev–Trinajstić information content (AvgIpc) is 2.50. The van der Waals surface area contributed by atoms with Crippen LogP contribution < -0.4 is 10.1 Å². The maximum atomic E-state index is 14.2. The Morgan fingerprint density at radius 3 is 2.57 bits per heavy atom. The number of piperazine rings is 1. The first-order chi connectivity index (χ1) is 10.9. The van der Waals surface area contributed by atoms with Crippen molar-refractivity contribution in [3.8, 4) is 5.75 Å².